The average Bonchev–Trinajstić information content (AvgIpc) is 2.45. The molecular formula is C16H16FNO3. The van der Waals surface area contributed by atoms with E-state index in [4.69, 9.17) is 15.2 Å². The van der Waals surface area contributed by atoms with Crippen LogP contribution in [-0.4, -0.2) is 12.6 Å². The zero-order valence-electron chi connectivity index (χ0n) is 11.9. The third-order valence-corrected chi connectivity index (χ3v) is 2.90. The Morgan fingerprint density at radius 1 is 1.24 bits per heavy atom. The number of hydrogen-bond donors (Lipinski definition) is 1. The first-order chi connectivity index (χ1) is 10.0. The van der Waals surface area contributed by atoms with E-state index in [1.807, 2.05) is 0 Å². The van der Waals surface area contributed by atoms with Crippen molar-refractivity contribution in [2.24, 2.45) is 0 Å². The van der Waals surface area contributed by atoms with Crippen LogP contribution in [0.4, 0.5) is 10.1 Å². The smallest absolute Gasteiger partial charge is 0.338 e. The molecule has 0 saturated carbocycles. The first-order valence-corrected chi connectivity index (χ1v) is 6.52. The average molecular weight is 289 g/mol. The Hall–Kier alpha value is -2.56. The second-order valence-electron chi connectivity index (χ2n) is 4.49. The van der Waals surface area contributed by atoms with Crippen LogP contribution < -0.4 is 10.5 Å². The van der Waals surface area contributed by atoms with Crippen LogP contribution in [0.25, 0.3) is 0 Å². The fraction of sp³-hybridized carbons (Fsp3) is 0.188. The van der Waals surface area contributed by atoms with E-state index >= 15 is 0 Å². The molecular weight excluding hydrogens is 273 g/mol. The lowest BCUT2D eigenvalue weighted by Crippen LogP contribution is -2.05. The van der Waals surface area contributed by atoms with Crippen molar-refractivity contribution < 1.29 is 18.7 Å². The van der Waals surface area contributed by atoms with Gasteiger partial charge in [-0.2, -0.15) is 0 Å². The van der Waals surface area contributed by atoms with Gasteiger partial charge in [-0.15, -0.1) is 0 Å². The largest absolute Gasteiger partial charge is 0.462 e. The number of halogens is 1. The predicted molar refractivity (Wildman–Crippen MR) is 78.0 cm³/mol. The van der Waals surface area contributed by atoms with Crippen molar-refractivity contribution >= 4 is 11.7 Å². The summed E-state index contributed by atoms with van der Waals surface area (Å²) in [6.45, 7) is 3.67. The fourth-order valence-electron chi connectivity index (χ4n) is 1.73. The normalized spacial score (nSPS) is 10.2. The summed E-state index contributed by atoms with van der Waals surface area (Å²) in [7, 11) is 0. The van der Waals surface area contributed by atoms with Crippen LogP contribution in [0.15, 0.2) is 36.4 Å². The number of anilines is 1. The van der Waals surface area contributed by atoms with Crippen LogP contribution >= 0.6 is 0 Å². The molecule has 0 atom stereocenters. The molecule has 0 aliphatic carbocycles. The number of nitrogen functional groups attached to an aromatic ring is 1. The number of carbonyl (C=O) groups is 1. The molecule has 0 fully saturated rings. The summed E-state index contributed by atoms with van der Waals surface area (Å²) >= 11 is 0. The first-order valence-electron chi connectivity index (χ1n) is 6.52. The molecule has 0 radical (unpaired) electrons. The van der Waals surface area contributed by atoms with Gasteiger partial charge in [-0.05, 0) is 43.7 Å². The molecule has 0 unspecified atom stereocenters. The molecule has 0 bridgehead atoms. The van der Waals surface area contributed by atoms with E-state index in [-0.39, 0.29) is 18.2 Å². The summed E-state index contributed by atoms with van der Waals surface area (Å²) in [5.74, 6) is -0.236. The Balaban J connectivity index is 2.28. The van der Waals surface area contributed by atoms with Crippen LogP contribution in [0.2, 0.25) is 0 Å². The summed E-state index contributed by atoms with van der Waals surface area (Å²) in [6.07, 6.45) is 0. The highest BCUT2D eigenvalue weighted by molar-refractivity contribution is 5.90. The Morgan fingerprint density at radius 3 is 2.67 bits per heavy atom. The second-order valence-corrected chi connectivity index (χ2v) is 4.49. The lowest BCUT2D eigenvalue weighted by Gasteiger charge is -2.10. The number of nitrogens with two attached hydrogens (primary N) is 1. The molecule has 0 aliphatic heterocycles. The molecule has 0 aliphatic rings. The minimum atomic E-state index is -0.461. The third-order valence-electron chi connectivity index (χ3n) is 2.90. The molecule has 0 amide bonds. The summed E-state index contributed by atoms with van der Waals surface area (Å²) in [6, 6.07) is 9.09. The summed E-state index contributed by atoms with van der Waals surface area (Å²) in [5, 5.41) is 0. The van der Waals surface area contributed by atoms with Gasteiger partial charge in [0, 0.05) is 6.07 Å². The molecule has 0 heterocycles. The van der Waals surface area contributed by atoms with E-state index in [1.54, 1.807) is 38.1 Å². The lowest BCUT2D eigenvalue weighted by molar-refractivity contribution is 0.0526. The minimum absolute atomic E-state index is 0.280. The maximum Gasteiger partial charge on any atom is 0.338 e. The van der Waals surface area contributed by atoms with Crippen molar-refractivity contribution in [3.05, 3.63) is 53.3 Å². The van der Waals surface area contributed by atoms with Gasteiger partial charge in [0.15, 0.2) is 5.75 Å². The number of esters is 1. The molecule has 2 N–H and O–H groups in total. The number of ether oxygens (including phenoxy) is 2. The van der Waals surface area contributed by atoms with E-state index in [0.717, 1.165) is 0 Å². The second kappa shape index (κ2) is 6.26. The van der Waals surface area contributed by atoms with Gasteiger partial charge < -0.3 is 15.2 Å². The summed E-state index contributed by atoms with van der Waals surface area (Å²) in [4.78, 5) is 11.7. The Bertz CT molecular complexity index is 671. The van der Waals surface area contributed by atoms with Gasteiger partial charge in [-0.3, -0.25) is 0 Å². The van der Waals surface area contributed by atoms with Gasteiger partial charge in [0.1, 0.15) is 11.6 Å². The van der Waals surface area contributed by atoms with E-state index in [2.05, 4.69) is 0 Å². The van der Waals surface area contributed by atoms with Crippen molar-refractivity contribution in [3.63, 3.8) is 0 Å². The van der Waals surface area contributed by atoms with E-state index in [9.17, 15) is 9.18 Å². The van der Waals surface area contributed by atoms with Crippen LogP contribution in [0.1, 0.15) is 22.8 Å². The van der Waals surface area contributed by atoms with Gasteiger partial charge >= 0.3 is 5.97 Å². The lowest BCUT2D eigenvalue weighted by atomic mass is 10.2. The number of benzene rings is 2. The fourth-order valence-corrected chi connectivity index (χ4v) is 1.73. The van der Waals surface area contributed by atoms with Crippen LogP contribution in [0.3, 0.4) is 0 Å². The molecule has 2 aromatic rings. The van der Waals surface area contributed by atoms with Gasteiger partial charge in [0.05, 0.1) is 17.9 Å². The highest BCUT2D eigenvalue weighted by Crippen LogP contribution is 2.29. The van der Waals surface area contributed by atoms with Gasteiger partial charge in [-0.25, -0.2) is 9.18 Å². The van der Waals surface area contributed by atoms with Gasteiger partial charge in [0.25, 0.3) is 0 Å². The summed E-state index contributed by atoms with van der Waals surface area (Å²) in [5.41, 5.74) is 7.01. The molecule has 5 heteroatoms. The van der Waals surface area contributed by atoms with E-state index in [0.29, 0.717) is 22.6 Å². The third kappa shape index (κ3) is 3.51. The highest BCUT2D eigenvalue weighted by Gasteiger charge is 2.11. The minimum Gasteiger partial charge on any atom is -0.462 e. The van der Waals surface area contributed by atoms with Crippen molar-refractivity contribution in [3.8, 4) is 11.5 Å². The highest BCUT2D eigenvalue weighted by atomic mass is 19.1. The number of hydrogen-bond acceptors (Lipinski definition) is 4. The van der Waals surface area contributed by atoms with Crippen LogP contribution in [0.5, 0.6) is 11.5 Å². The van der Waals surface area contributed by atoms with Crippen molar-refractivity contribution in [1.82, 2.24) is 0 Å². The Kier molecular flexibility index (Phi) is 4.42. The first kappa shape index (κ1) is 14.8. The van der Waals surface area contributed by atoms with Crippen LogP contribution in [0, 0.1) is 12.7 Å². The molecule has 4 nitrogen and oxygen atoms in total. The van der Waals surface area contributed by atoms with E-state index < -0.39 is 5.97 Å². The number of carbonyl (C=O) groups excluding carboxylic acids is 1. The Labute approximate surface area is 122 Å². The standard InChI is InChI=1S/C16H16FNO3/c1-3-20-16(19)11-5-7-14(18)15(8-11)21-12-6-4-10(2)13(17)9-12/h4-9H,3,18H2,1-2H3. The maximum absolute atomic E-state index is 13.5. The monoisotopic (exact) mass is 289 g/mol. The molecule has 110 valence electrons. The van der Waals surface area contributed by atoms with Crippen molar-refractivity contribution in [1.29, 1.82) is 0 Å². The maximum atomic E-state index is 13.5. The topological polar surface area (TPSA) is 61.5 Å². The molecule has 2 rings (SSSR count). The molecule has 0 saturated heterocycles. The predicted octanol–water partition coefficient (Wildman–Crippen LogP) is 3.69. The van der Waals surface area contributed by atoms with Gasteiger partial charge in [-0.1, -0.05) is 6.07 Å². The zero-order valence-corrected chi connectivity index (χ0v) is 11.9. The van der Waals surface area contributed by atoms with Crippen LogP contribution in [-0.2, 0) is 4.74 Å². The van der Waals surface area contributed by atoms with E-state index in [1.165, 1.54) is 12.1 Å². The van der Waals surface area contributed by atoms with Gasteiger partial charge in [0.2, 0.25) is 0 Å². The molecule has 2 aromatic carbocycles. The van der Waals surface area contributed by atoms with Crippen molar-refractivity contribution in [2.45, 2.75) is 13.8 Å². The molecule has 21 heavy (non-hydrogen) atoms. The molecule has 0 aromatic heterocycles. The number of aryl methyl sites for hydroxylation is 1. The Morgan fingerprint density at radius 2 is 2.00 bits per heavy atom. The number of rotatable bonds is 4. The quantitative estimate of drug-likeness (QED) is 0.689. The summed E-state index contributed by atoms with van der Waals surface area (Å²) < 4.78 is 24.0. The molecule has 0 spiro atoms. The van der Waals surface area contributed by atoms with Crippen molar-refractivity contribution in [2.75, 3.05) is 12.3 Å². The SMILES string of the molecule is CCOC(=O)c1ccc(N)c(Oc2ccc(C)c(F)c2)c1. The zero-order chi connectivity index (χ0) is 15.4.